The first-order valence-corrected chi connectivity index (χ1v) is 8.46. The minimum atomic E-state index is -0.494. The molecule has 0 unspecified atom stereocenters. The molecule has 112 valence electrons. The van der Waals surface area contributed by atoms with E-state index < -0.39 is 6.09 Å². The number of nitrogens with one attached hydrogen (secondary N) is 1. The van der Waals surface area contributed by atoms with Crippen LogP contribution < -0.4 is 5.32 Å². The molecular weight excluding hydrogens is 356 g/mol. The van der Waals surface area contributed by atoms with Gasteiger partial charge in [0.2, 0.25) is 0 Å². The van der Waals surface area contributed by atoms with Gasteiger partial charge in [0.25, 0.3) is 0 Å². The number of halogens is 1. The molecule has 0 fully saturated rings. The average Bonchev–Trinajstić information content (AvgIpc) is 2.97. The molecule has 0 spiro atoms. The van der Waals surface area contributed by atoms with E-state index in [0.717, 1.165) is 17.8 Å². The van der Waals surface area contributed by atoms with E-state index in [1.54, 1.807) is 12.1 Å². The Balaban J connectivity index is 2.02. The molecule has 0 aliphatic carbocycles. The van der Waals surface area contributed by atoms with Gasteiger partial charge >= 0.3 is 6.09 Å². The third kappa shape index (κ3) is 4.75. The Hall–Kier alpha value is -1.54. The SMILES string of the molecule is CCCCOC(=O)Nc1cccc(-c2nnc(CBr)s2)n1. The second-order valence-corrected chi connectivity index (χ2v) is 5.78. The van der Waals surface area contributed by atoms with Gasteiger partial charge in [-0.15, -0.1) is 10.2 Å². The Morgan fingerprint density at radius 2 is 2.29 bits per heavy atom. The zero-order chi connectivity index (χ0) is 15.1. The van der Waals surface area contributed by atoms with E-state index in [4.69, 9.17) is 4.74 Å². The monoisotopic (exact) mass is 370 g/mol. The van der Waals surface area contributed by atoms with Gasteiger partial charge in [-0.3, -0.25) is 5.32 Å². The molecule has 8 heteroatoms. The third-order valence-electron chi connectivity index (χ3n) is 2.51. The number of nitrogens with zero attached hydrogens (tertiary/aromatic N) is 3. The lowest BCUT2D eigenvalue weighted by Gasteiger charge is -2.06. The van der Waals surface area contributed by atoms with E-state index in [9.17, 15) is 4.79 Å². The first-order valence-electron chi connectivity index (χ1n) is 6.52. The maximum atomic E-state index is 11.6. The summed E-state index contributed by atoms with van der Waals surface area (Å²) in [6.45, 7) is 2.45. The lowest BCUT2D eigenvalue weighted by Crippen LogP contribution is -2.15. The van der Waals surface area contributed by atoms with E-state index in [1.807, 2.05) is 13.0 Å². The van der Waals surface area contributed by atoms with Crippen LogP contribution >= 0.6 is 27.3 Å². The molecule has 0 radical (unpaired) electrons. The van der Waals surface area contributed by atoms with Crippen molar-refractivity contribution in [2.24, 2.45) is 0 Å². The summed E-state index contributed by atoms with van der Waals surface area (Å²) in [4.78, 5) is 15.9. The molecule has 6 nitrogen and oxygen atoms in total. The largest absolute Gasteiger partial charge is 0.449 e. The van der Waals surface area contributed by atoms with E-state index in [0.29, 0.717) is 28.5 Å². The summed E-state index contributed by atoms with van der Waals surface area (Å²) < 4.78 is 5.03. The molecule has 0 saturated carbocycles. The normalized spacial score (nSPS) is 10.4. The number of pyridine rings is 1. The zero-order valence-corrected chi connectivity index (χ0v) is 13.9. The van der Waals surface area contributed by atoms with Gasteiger partial charge in [-0.2, -0.15) is 0 Å². The van der Waals surface area contributed by atoms with Crippen molar-refractivity contribution in [2.75, 3.05) is 11.9 Å². The number of hydrogen-bond donors (Lipinski definition) is 1. The van der Waals surface area contributed by atoms with Crippen LogP contribution in [-0.2, 0) is 10.1 Å². The highest BCUT2D eigenvalue weighted by Gasteiger charge is 2.09. The first-order chi connectivity index (χ1) is 10.2. The number of alkyl halides is 1. The van der Waals surface area contributed by atoms with Crippen molar-refractivity contribution in [1.29, 1.82) is 0 Å². The molecule has 2 aromatic heterocycles. The predicted molar refractivity (Wildman–Crippen MR) is 85.6 cm³/mol. The van der Waals surface area contributed by atoms with E-state index >= 15 is 0 Å². The summed E-state index contributed by atoms with van der Waals surface area (Å²) in [6.07, 6.45) is 1.33. The molecule has 0 aliphatic heterocycles. The topological polar surface area (TPSA) is 77.0 Å². The number of carbonyl (C=O) groups is 1. The lowest BCUT2D eigenvalue weighted by atomic mass is 10.3. The molecule has 2 heterocycles. The van der Waals surface area contributed by atoms with Crippen LogP contribution in [0.1, 0.15) is 24.8 Å². The van der Waals surface area contributed by atoms with E-state index in [-0.39, 0.29) is 0 Å². The van der Waals surface area contributed by atoms with Crippen LogP contribution in [0.5, 0.6) is 0 Å². The first kappa shape index (κ1) is 15.8. The van der Waals surface area contributed by atoms with Crippen molar-refractivity contribution in [1.82, 2.24) is 15.2 Å². The summed E-state index contributed by atoms with van der Waals surface area (Å²) in [7, 11) is 0. The van der Waals surface area contributed by atoms with Gasteiger partial charge in [-0.25, -0.2) is 9.78 Å². The summed E-state index contributed by atoms with van der Waals surface area (Å²) in [6, 6.07) is 5.34. The number of rotatable bonds is 6. The van der Waals surface area contributed by atoms with Gasteiger partial charge in [0, 0.05) is 0 Å². The van der Waals surface area contributed by atoms with Crippen molar-refractivity contribution < 1.29 is 9.53 Å². The summed E-state index contributed by atoms with van der Waals surface area (Å²) in [5.41, 5.74) is 0.672. The highest BCUT2D eigenvalue weighted by atomic mass is 79.9. The van der Waals surface area contributed by atoms with Crippen LogP contribution in [0.2, 0.25) is 0 Å². The molecule has 21 heavy (non-hydrogen) atoms. The van der Waals surface area contributed by atoms with Crippen molar-refractivity contribution in [3.8, 4) is 10.7 Å². The van der Waals surface area contributed by atoms with Gasteiger partial charge < -0.3 is 4.74 Å². The van der Waals surface area contributed by atoms with Crippen LogP contribution in [0.15, 0.2) is 18.2 Å². The molecule has 0 bridgehead atoms. The Labute approximate surface area is 135 Å². The van der Waals surface area contributed by atoms with Gasteiger partial charge in [-0.05, 0) is 18.6 Å². The minimum Gasteiger partial charge on any atom is -0.449 e. The second kappa shape index (κ2) is 8.04. The van der Waals surface area contributed by atoms with Crippen LogP contribution in [0, 0.1) is 0 Å². The number of anilines is 1. The highest BCUT2D eigenvalue weighted by molar-refractivity contribution is 9.08. The maximum absolute atomic E-state index is 11.6. The Morgan fingerprint density at radius 3 is 3.00 bits per heavy atom. The number of aromatic nitrogens is 3. The van der Waals surface area contributed by atoms with E-state index in [2.05, 4.69) is 36.4 Å². The molecule has 0 aliphatic rings. The molecule has 0 saturated heterocycles. The summed E-state index contributed by atoms with van der Waals surface area (Å²) in [5.74, 6) is 0.435. The molecule has 1 amide bonds. The molecule has 1 N–H and O–H groups in total. The molecule has 0 aromatic carbocycles. The smallest absolute Gasteiger partial charge is 0.412 e. The van der Waals surface area contributed by atoms with Crippen molar-refractivity contribution in [3.63, 3.8) is 0 Å². The highest BCUT2D eigenvalue weighted by Crippen LogP contribution is 2.23. The van der Waals surface area contributed by atoms with Crippen LogP contribution in [-0.4, -0.2) is 27.9 Å². The van der Waals surface area contributed by atoms with Gasteiger partial charge in [0.15, 0.2) is 5.01 Å². The second-order valence-electron chi connectivity index (χ2n) is 4.16. The summed E-state index contributed by atoms with van der Waals surface area (Å²) >= 11 is 4.79. The maximum Gasteiger partial charge on any atom is 0.412 e. The fourth-order valence-electron chi connectivity index (χ4n) is 1.48. The number of hydrogen-bond acceptors (Lipinski definition) is 6. The Kier molecular flexibility index (Phi) is 6.06. The van der Waals surface area contributed by atoms with Crippen LogP contribution in [0.25, 0.3) is 10.7 Å². The Morgan fingerprint density at radius 1 is 1.43 bits per heavy atom. The zero-order valence-electron chi connectivity index (χ0n) is 11.5. The number of carbonyl (C=O) groups excluding carboxylic acids is 1. The average molecular weight is 371 g/mol. The molecule has 0 atom stereocenters. The molecule has 2 rings (SSSR count). The van der Waals surface area contributed by atoms with Crippen LogP contribution in [0.4, 0.5) is 10.6 Å². The summed E-state index contributed by atoms with van der Waals surface area (Å²) in [5, 5.41) is 13.0. The lowest BCUT2D eigenvalue weighted by molar-refractivity contribution is 0.160. The number of amides is 1. The van der Waals surface area contributed by atoms with Crippen molar-refractivity contribution in [2.45, 2.75) is 25.1 Å². The predicted octanol–water partition coefficient (Wildman–Crippen LogP) is 3.84. The van der Waals surface area contributed by atoms with E-state index in [1.165, 1.54) is 11.3 Å². The Bertz CT molecular complexity index is 605. The third-order valence-corrected chi connectivity index (χ3v) is 4.36. The fraction of sp³-hybridized carbons (Fsp3) is 0.385. The quantitative estimate of drug-likeness (QED) is 0.617. The number of ether oxygens (including phenoxy) is 1. The van der Waals surface area contributed by atoms with Gasteiger partial charge in [0.05, 0.1) is 11.9 Å². The van der Waals surface area contributed by atoms with Crippen molar-refractivity contribution >= 4 is 39.2 Å². The van der Waals surface area contributed by atoms with Gasteiger partial charge in [-0.1, -0.05) is 46.7 Å². The van der Waals surface area contributed by atoms with Crippen LogP contribution in [0.3, 0.4) is 0 Å². The standard InChI is InChI=1S/C13H15BrN4O2S/c1-2-3-7-20-13(19)16-10-6-4-5-9(15-10)12-18-17-11(8-14)21-12/h4-6H,2-3,7-8H2,1H3,(H,15,16,19). The number of unbranched alkanes of at least 4 members (excludes halogenated alkanes) is 1. The molecule has 2 aromatic rings. The molecular formula is C13H15BrN4O2S. The minimum absolute atomic E-state index is 0.410. The van der Waals surface area contributed by atoms with Crippen molar-refractivity contribution in [3.05, 3.63) is 23.2 Å². The fourth-order valence-corrected chi connectivity index (χ4v) is 2.60. The van der Waals surface area contributed by atoms with Gasteiger partial charge in [0.1, 0.15) is 16.5 Å².